The third-order valence-electron chi connectivity index (χ3n) is 4.24. The van der Waals surface area contributed by atoms with Crippen LogP contribution in [-0.4, -0.2) is 35.2 Å². The molecule has 3 rings (SSSR count). The lowest BCUT2D eigenvalue weighted by atomic mass is 10.2. The topological polar surface area (TPSA) is 72.9 Å². The van der Waals surface area contributed by atoms with Crippen molar-refractivity contribution in [1.29, 1.82) is 0 Å². The molecule has 0 radical (unpaired) electrons. The monoisotopic (exact) mass is 523 g/mol. The van der Waals surface area contributed by atoms with E-state index in [2.05, 4.69) is 27.3 Å². The van der Waals surface area contributed by atoms with Gasteiger partial charge in [0, 0.05) is 0 Å². The maximum absolute atomic E-state index is 12.6. The standard InChI is InChI=1S/C21H18INO5S/c1-13(20(25)27-2)23-19(24)18(29-21(23)26)11-15-8-9-17(16(22)10-15)28-12-14-6-4-3-5-7-14/h3-11,13H,12H2,1-2H3/b18-11+/t13-/m1/s1. The summed E-state index contributed by atoms with van der Waals surface area (Å²) < 4.78 is 11.4. The molecule has 2 aromatic rings. The van der Waals surface area contributed by atoms with Crippen molar-refractivity contribution >= 4 is 57.5 Å². The maximum atomic E-state index is 12.6. The van der Waals surface area contributed by atoms with Crippen molar-refractivity contribution < 1.29 is 23.9 Å². The van der Waals surface area contributed by atoms with Gasteiger partial charge in [0.25, 0.3) is 11.1 Å². The van der Waals surface area contributed by atoms with Crippen LogP contribution in [0.25, 0.3) is 6.08 Å². The molecule has 1 atom stereocenters. The fourth-order valence-electron chi connectivity index (χ4n) is 2.70. The number of amides is 2. The lowest BCUT2D eigenvalue weighted by Gasteiger charge is -2.18. The molecule has 29 heavy (non-hydrogen) atoms. The first-order chi connectivity index (χ1) is 13.9. The number of hydrogen-bond acceptors (Lipinski definition) is 6. The van der Waals surface area contributed by atoms with Crippen molar-refractivity contribution in [1.82, 2.24) is 4.90 Å². The average molecular weight is 523 g/mol. The number of ether oxygens (including phenoxy) is 2. The minimum absolute atomic E-state index is 0.263. The third-order valence-corrected chi connectivity index (χ3v) is 5.97. The Morgan fingerprint density at radius 3 is 2.59 bits per heavy atom. The summed E-state index contributed by atoms with van der Waals surface area (Å²) >= 11 is 2.98. The fourth-order valence-corrected chi connectivity index (χ4v) is 4.30. The highest BCUT2D eigenvalue weighted by Crippen LogP contribution is 2.34. The van der Waals surface area contributed by atoms with E-state index in [-0.39, 0.29) is 4.91 Å². The molecule has 1 fully saturated rings. The summed E-state index contributed by atoms with van der Waals surface area (Å²) in [5, 5.41) is -0.489. The SMILES string of the molecule is COC(=O)[C@@H](C)N1C(=O)S/C(=C/c2ccc(OCc3ccccc3)c(I)c2)C1=O. The lowest BCUT2D eigenvalue weighted by Crippen LogP contribution is -2.42. The number of esters is 1. The Bertz CT molecular complexity index is 976. The van der Waals surface area contributed by atoms with Gasteiger partial charge >= 0.3 is 5.97 Å². The zero-order chi connectivity index (χ0) is 21.0. The number of carbonyl (C=O) groups is 3. The number of thioether (sulfide) groups is 1. The van der Waals surface area contributed by atoms with E-state index in [1.807, 2.05) is 48.5 Å². The number of methoxy groups -OCH3 is 1. The van der Waals surface area contributed by atoms with Crippen LogP contribution in [-0.2, 0) is 20.9 Å². The molecule has 2 amide bonds. The van der Waals surface area contributed by atoms with Gasteiger partial charge in [0.1, 0.15) is 18.4 Å². The molecule has 0 unspecified atom stereocenters. The second kappa shape index (κ2) is 9.45. The van der Waals surface area contributed by atoms with E-state index in [1.54, 1.807) is 6.08 Å². The van der Waals surface area contributed by atoms with Gasteiger partial charge in [0.15, 0.2) is 0 Å². The van der Waals surface area contributed by atoms with Gasteiger partial charge in [-0.05, 0) is 70.6 Å². The van der Waals surface area contributed by atoms with Crippen molar-refractivity contribution in [2.24, 2.45) is 0 Å². The fraction of sp³-hybridized carbons (Fsp3) is 0.190. The van der Waals surface area contributed by atoms with Gasteiger partial charge < -0.3 is 9.47 Å². The quantitative estimate of drug-likeness (QED) is 0.316. The second-order valence-corrected chi connectivity index (χ2v) is 8.37. The molecule has 6 nitrogen and oxygen atoms in total. The second-order valence-electron chi connectivity index (χ2n) is 6.21. The van der Waals surface area contributed by atoms with Gasteiger partial charge in [-0.2, -0.15) is 0 Å². The molecule has 1 aliphatic rings. The molecule has 1 saturated heterocycles. The summed E-state index contributed by atoms with van der Waals surface area (Å²) in [6.07, 6.45) is 1.64. The number of nitrogens with zero attached hydrogens (tertiary/aromatic N) is 1. The van der Waals surface area contributed by atoms with Gasteiger partial charge in [-0.1, -0.05) is 36.4 Å². The average Bonchev–Trinajstić information content (AvgIpc) is 3.00. The van der Waals surface area contributed by atoms with Gasteiger partial charge in [-0.25, -0.2) is 4.79 Å². The number of halogens is 1. The highest BCUT2D eigenvalue weighted by atomic mass is 127. The molecule has 150 valence electrons. The minimum Gasteiger partial charge on any atom is -0.488 e. The van der Waals surface area contributed by atoms with Crippen molar-refractivity contribution in [3.63, 3.8) is 0 Å². The molecule has 1 heterocycles. The molecule has 0 aromatic heterocycles. The minimum atomic E-state index is -0.965. The van der Waals surface area contributed by atoms with Crippen LogP contribution < -0.4 is 4.74 Å². The largest absolute Gasteiger partial charge is 0.488 e. The molecule has 0 N–H and O–H groups in total. The van der Waals surface area contributed by atoms with E-state index in [9.17, 15) is 14.4 Å². The summed E-state index contributed by atoms with van der Waals surface area (Å²) in [4.78, 5) is 37.6. The first kappa shape index (κ1) is 21.4. The van der Waals surface area contributed by atoms with Crippen LogP contribution in [0, 0.1) is 3.57 Å². The van der Waals surface area contributed by atoms with Crippen LogP contribution in [0.1, 0.15) is 18.1 Å². The van der Waals surface area contributed by atoms with Crippen LogP contribution in [0.3, 0.4) is 0 Å². The van der Waals surface area contributed by atoms with Crippen molar-refractivity contribution in [3.8, 4) is 5.75 Å². The molecule has 2 aromatic carbocycles. The Balaban J connectivity index is 1.73. The molecule has 0 saturated carbocycles. The Hall–Kier alpha value is -2.33. The van der Waals surface area contributed by atoms with E-state index in [1.165, 1.54) is 14.0 Å². The number of rotatable bonds is 6. The van der Waals surface area contributed by atoms with Gasteiger partial charge in [-0.15, -0.1) is 0 Å². The van der Waals surface area contributed by atoms with E-state index in [0.29, 0.717) is 6.61 Å². The smallest absolute Gasteiger partial charge is 0.328 e. The Morgan fingerprint density at radius 1 is 1.21 bits per heavy atom. The van der Waals surface area contributed by atoms with E-state index >= 15 is 0 Å². The number of hydrogen-bond donors (Lipinski definition) is 0. The number of carbonyl (C=O) groups excluding carboxylic acids is 3. The number of imide groups is 1. The maximum Gasteiger partial charge on any atom is 0.328 e. The molecule has 8 heteroatoms. The summed E-state index contributed by atoms with van der Waals surface area (Å²) in [5.41, 5.74) is 1.83. The van der Waals surface area contributed by atoms with Crippen LogP contribution in [0.4, 0.5) is 4.79 Å². The highest BCUT2D eigenvalue weighted by molar-refractivity contribution is 14.1. The molecule has 1 aliphatic heterocycles. The molecule has 0 aliphatic carbocycles. The predicted molar refractivity (Wildman–Crippen MR) is 119 cm³/mol. The van der Waals surface area contributed by atoms with Crippen molar-refractivity contribution in [3.05, 3.63) is 68.1 Å². The summed E-state index contributed by atoms with van der Waals surface area (Å²) in [7, 11) is 1.22. The van der Waals surface area contributed by atoms with Crippen molar-refractivity contribution in [2.45, 2.75) is 19.6 Å². The van der Waals surface area contributed by atoms with E-state index in [4.69, 9.17) is 4.74 Å². The number of benzene rings is 2. The summed E-state index contributed by atoms with van der Waals surface area (Å²) in [5.74, 6) is -0.403. The predicted octanol–water partition coefficient (Wildman–Crippen LogP) is 4.47. The van der Waals surface area contributed by atoms with Crippen LogP contribution in [0.15, 0.2) is 53.4 Å². The van der Waals surface area contributed by atoms with Gasteiger partial charge in [-0.3, -0.25) is 14.5 Å². The van der Waals surface area contributed by atoms with Crippen LogP contribution in [0.5, 0.6) is 5.75 Å². The highest BCUT2D eigenvalue weighted by Gasteiger charge is 2.41. The molecular weight excluding hydrogens is 505 g/mol. The zero-order valence-corrected chi connectivity index (χ0v) is 18.7. The third kappa shape index (κ3) is 4.99. The van der Waals surface area contributed by atoms with Gasteiger partial charge in [0.05, 0.1) is 15.6 Å². The summed E-state index contributed by atoms with van der Waals surface area (Å²) in [6, 6.07) is 14.4. The van der Waals surface area contributed by atoms with Crippen LogP contribution in [0.2, 0.25) is 0 Å². The molecule has 0 bridgehead atoms. The first-order valence-corrected chi connectivity index (χ1v) is 10.6. The van der Waals surface area contributed by atoms with Crippen molar-refractivity contribution in [2.75, 3.05) is 7.11 Å². The zero-order valence-electron chi connectivity index (χ0n) is 15.8. The molecular formula is C21H18INO5S. The Labute approximate surface area is 186 Å². The van der Waals surface area contributed by atoms with E-state index in [0.717, 1.165) is 37.1 Å². The summed E-state index contributed by atoms with van der Waals surface area (Å²) in [6.45, 7) is 1.92. The normalized spacial score (nSPS) is 16.2. The van der Waals surface area contributed by atoms with E-state index < -0.39 is 23.2 Å². The van der Waals surface area contributed by atoms with Gasteiger partial charge in [0.2, 0.25) is 0 Å². The van der Waals surface area contributed by atoms with Crippen LogP contribution >= 0.6 is 34.4 Å². The first-order valence-electron chi connectivity index (χ1n) is 8.72. The Morgan fingerprint density at radius 2 is 1.93 bits per heavy atom. The molecule has 0 spiro atoms. The Kier molecular flexibility index (Phi) is 6.96. The lowest BCUT2D eigenvalue weighted by molar-refractivity contribution is -0.148.